The van der Waals surface area contributed by atoms with Gasteiger partial charge in [-0.25, -0.2) is 4.98 Å². The second kappa shape index (κ2) is 6.20. The molecule has 96 valence electrons. The Bertz CT molecular complexity index is 303. The van der Waals surface area contributed by atoms with Gasteiger partial charge >= 0.3 is 0 Å². The van der Waals surface area contributed by atoms with E-state index in [4.69, 9.17) is 0 Å². The lowest BCUT2D eigenvalue weighted by Gasteiger charge is -2.24. The first-order chi connectivity index (χ1) is 8.35. The van der Waals surface area contributed by atoms with Crippen molar-refractivity contribution in [3.63, 3.8) is 0 Å². The molecule has 2 rings (SSSR count). The molecule has 0 saturated heterocycles. The van der Waals surface area contributed by atoms with Crippen molar-refractivity contribution in [1.82, 2.24) is 14.9 Å². The van der Waals surface area contributed by atoms with Crippen molar-refractivity contribution in [2.75, 3.05) is 6.54 Å². The van der Waals surface area contributed by atoms with E-state index in [-0.39, 0.29) is 0 Å². The van der Waals surface area contributed by atoms with E-state index in [9.17, 15) is 0 Å². The Morgan fingerprint density at radius 1 is 1.35 bits per heavy atom. The summed E-state index contributed by atoms with van der Waals surface area (Å²) in [7, 11) is 0. The fourth-order valence-corrected chi connectivity index (χ4v) is 2.90. The normalized spacial score (nSPS) is 24.6. The van der Waals surface area contributed by atoms with Gasteiger partial charge in [-0.15, -0.1) is 0 Å². The second-order valence-electron chi connectivity index (χ2n) is 5.21. The van der Waals surface area contributed by atoms with Gasteiger partial charge in [-0.3, -0.25) is 0 Å². The molecule has 0 spiro atoms. The molecule has 1 aliphatic rings. The average Bonchev–Trinajstić information content (AvgIpc) is 3.00. The Morgan fingerprint density at radius 2 is 2.18 bits per heavy atom. The van der Waals surface area contributed by atoms with Gasteiger partial charge in [0.15, 0.2) is 0 Å². The summed E-state index contributed by atoms with van der Waals surface area (Å²) >= 11 is 0. The van der Waals surface area contributed by atoms with Crippen molar-refractivity contribution in [3.8, 4) is 0 Å². The standard InChI is InChI=1S/C14H25N3/c1-3-12(4-2)10-16-13-6-5-7-14(13)17-9-8-15-11-17/h8-9,11-14,16H,3-7,10H2,1-2H3. The van der Waals surface area contributed by atoms with Crippen LogP contribution < -0.4 is 5.32 Å². The minimum Gasteiger partial charge on any atom is -0.333 e. The zero-order valence-corrected chi connectivity index (χ0v) is 11.1. The lowest BCUT2D eigenvalue weighted by molar-refractivity contribution is 0.351. The van der Waals surface area contributed by atoms with Crippen LogP contribution in [0.1, 0.15) is 52.0 Å². The van der Waals surface area contributed by atoms with E-state index >= 15 is 0 Å². The molecule has 1 aromatic rings. The number of nitrogens with one attached hydrogen (secondary N) is 1. The summed E-state index contributed by atoms with van der Waals surface area (Å²) in [6.45, 7) is 5.75. The molecule has 2 atom stereocenters. The van der Waals surface area contributed by atoms with Crippen LogP contribution in [0.5, 0.6) is 0 Å². The fraction of sp³-hybridized carbons (Fsp3) is 0.786. The number of hydrogen-bond donors (Lipinski definition) is 1. The number of imidazole rings is 1. The van der Waals surface area contributed by atoms with Crippen molar-refractivity contribution in [2.45, 2.75) is 58.0 Å². The summed E-state index contributed by atoms with van der Waals surface area (Å²) in [6, 6.07) is 1.26. The van der Waals surface area contributed by atoms with Gasteiger partial charge in [0.1, 0.15) is 0 Å². The van der Waals surface area contributed by atoms with Gasteiger partial charge in [-0.1, -0.05) is 26.7 Å². The van der Waals surface area contributed by atoms with E-state index in [1.54, 1.807) is 0 Å². The first kappa shape index (κ1) is 12.6. The van der Waals surface area contributed by atoms with Crippen molar-refractivity contribution >= 4 is 0 Å². The Morgan fingerprint density at radius 3 is 2.82 bits per heavy atom. The molecular formula is C14H25N3. The molecule has 0 radical (unpaired) electrons. The monoisotopic (exact) mass is 235 g/mol. The first-order valence-electron chi connectivity index (χ1n) is 7.06. The highest BCUT2D eigenvalue weighted by atomic mass is 15.1. The number of rotatable bonds is 6. The molecule has 0 amide bonds. The van der Waals surface area contributed by atoms with Crippen LogP contribution in [0.2, 0.25) is 0 Å². The van der Waals surface area contributed by atoms with Crippen molar-refractivity contribution in [2.24, 2.45) is 5.92 Å². The zero-order valence-electron chi connectivity index (χ0n) is 11.1. The van der Waals surface area contributed by atoms with Crippen LogP contribution in [0.3, 0.4) is 0 Å². The maximum absolute atomic E-state index is 4.16. The lowest BCUT2D eigenvalue weighted by Crippen LogP contribution is -2.36. The van der Waals surface area contributed by atoms with Crippen molar-refractivity contribution in [1.29, 1.82) is 0 Å². The Labute approximate surface area is 105 Å². The molecule has 0 aromatic carbocycles. The van der Waals surface area contributed by atoms with Crippen molar-refractivity contribution in [3.05, 3.63) is 18.7 Å². The van der Waals surface area contributed by atoms with E-state index in [0.29, 0.717) is 12.1 Å². The summed E-state index contributed by atoms with van der Waals surface area (Å²) in [5.74, 6) is 0.832. The highest BCUT2D eigenvalue weighted by Crippen LogP contribution is 2.30. The molecule has 1 aliphatic carbocycles. The minimum absolute atomic E-state index is 0.617. The molecule has 1 aromatic heterocycles. The summed E-state index contributed by atoms with van der Waals surface area (Å²) < 4.78 is 2.28. The van der Waals surface area contributed by atoms with E-state index in [1.165, 1.54) is 38.6 Å². The summed E-state index contributed by atoms with van der Waals surface area (Å²) in [5.41, 5.74) is 0. The third-order valence-corrected chi connectivity index (χ3v) is 4.21. The van der Waals surface area contributed by atoms with E-state index in [2.05, 4.69) is 34.9 Å². The second-order valence-corrected chi connectivity index (χ2v) is 5.21. The fourth-order valence-electron chi connectivity index (χ4n) is 2.90. The maximum atomic E-state index is 4.16. The van der Waals surface area contributed by atoms with Crippen molar-refractivity contribution < 1.29 is 0 Å². The number of hydrogen-bond acceptors (Lipinski definition) is 2. The SMILES string of the molecule is CCC(CC)CNC1CCCC1n1ccnc1. The molecule has 2 unspecified atom stereocenters. The number of aromatic nitrogens is 2. The molecule has 1 heterocycles. The Kier molecular flexibility index (Phi) is 4.60. The van der Waals surface area contributed by atoms with Gasteiger partial charge in [0.2, 0.25) is 0 Å². The topological polar surface area (TPSA) is 29.9 Å². The molecule has 0 aliphatic heterocycles. The Hall–Kier alpha value is -0.830. The maximum Gasteiger partial charge on any atom is 0.0949 e. The van der Waals surface area contributed by atoms with Crippen LogP contribution in [0.15, 0.2) is 18.7 Å². The van der Waals surface area contributed by atoms with Gasteiger partial charge in [0.25, 0.3) is 0 Å². The predicted molar refractivity (Wildman–Crippen MR) is 71.0 cm³/mol. The largest absolute Gasteiger partial charge is 0.333 e. The highest BCUT2D eigenvalue weighted by molar-refractivity contribution is 4.91. The first-order valence-corrected chi connectivity index (χ1v) is 7.06. The Balaban J connectivity index is 1.87. The minimum atomic E-state index is 0.617. The van der Waals surface area contributed by atoms with Crippen LogP contribution in [0, 0.1) is 5.92 Å². The lowest BCUT2D eigenvalue weighted by atomic mass is 10.0. The van der Waals surface area contributed by atoms with Crippen LogP contribution in [-0.4, -0.2) is 22.1 Å². The van der Waals surface area contributed by atoms with E-state index in [1.807, 2.05) is 12.5 Å². The van der Waals surface area contributed by atoms with Gasteiger partial charge in [0.05, 0.1) is 6.33 Å². The molecule has 0 bridgehead atoms. The predicted octanol–water partition coefficient (Wildman–Crippen LogP) is 3.00. The van der Waals surface area contributed by atoms with E-state index in [0.717, 1.165) is 5.92 Å². The average molecular weight is 235 g/mol. The smallest absolute Gasteiger partial charge is 0.0949 e. The summed E-state index contributed by atoms with van der Waals surface area (Å²) in [6.07, 6.45) is 12.4. The third-order valence-electron chi connectivity index (χ3n) is 4.21. The van der Waals surface area contributed by atoms with Crippen LogP contribution >= 0.6 is 0 Å². The molecule has 1 fully saturated rings. The van der Waals surface area contributed by atoms with Gasteiger partial charge in [-0.2, -0.15) is 0 Å². The number of nitrogens with zero attached hydrogens (tertiary/aromatic N) is 2. The molecule has 1 N–H and O–H groups in total. The van der Waals surface area contributed by atoms with Gasteiger partial charge in [-0.05, 0) is 31.7 Å². The zero-order chi connectivity index (χ0) is 12.1. The van der Waals surface area contributed by atoms with E-state index < -0.39 is 0 Å². The van der Waals surface area contributed by atoms with Crippen LogP contribution in [0.4, 0.5) is 0 Å². The molecule has 3 heteroatoms. The van der Waals surface area contributed by atoms with Gasteiger partial charge in [0, 0.05) is 24.5 Å². The van der Waals surface area contributed by atoms with Crippen LogP contribution in [0.25, 0.3) is 0 Å². The quantitative estimate of drug-likeness (QED) is 0.821. The van der Waals surface area contributed by atoms with Crippen LogP contribution in [-0.2, 0) is 0 Å². The molecule has 1 saturated carbocycles. The highest BCUT2D eigenvalue weighted by Gasteiger charge is 2.28. The molecule has 17 heavy (non-hydrogen) atoms. The molecule has 3 nitrogen and oxygen atoms in total. The summed E-state index contributed by atoms with van der Waals surface area (Å²) in [5, 5.41) is 3.77. The summed E-state index contributed by atoms with van der Waals surface area (Å²) in [4.78, 5) is 4.16. The van der Waals surface area contributed by atoms with Gasteiger partial charge < -0.3 is 9.88 Å². The third kappa shape index (κ3) is 3.09. The molecular weight excluding hydrogens is 210 g/mol.